The van der Waals surface area contributed by atoms with Crippen LogP contribution in [-0.2, 0) is 0 Å². The lowest BCUT2D eigenvalue weighted by Crippen LogP contribution is -2.13. The van der Waals surface area contributed by atoms with Crippen LogP contribution in [0.3, 0.4) is 0 Å². The molecule has 0 aliphatic rings. The third-order valence-corrected chi connectivity index (χ3v) is 3.12. The van der Waals surface area contributed by atoms with Crippen LogP contribution in [0.25, 0.3) is 5.82 Å². The molecule has 0 spiro atoms. The van der Waals surface area contributed by atoms with Crippen molar-refractivity contribution in [1.82, 2.24) is 14.8 Å². The number of nitrogens with one attached hydrogen (secondary N) is 1. The van der Waals surface area contributed by atoms with Crippen molar-refractivity contribution in [3.63, 3.8) is 0 Å². The van der Waals surface area contributed by atoms with Crippen LogP contribution in [0.4, 0.5) is 0 Å². The van der Waals surface area contributed by atoms with Gasteiger partial charge in [0.2, 0.25) is 0 Å². The molecule has 0 bridgehead atoms. The number of aromatic nitrogens is 3. The Balaban J connectivity index is 2.63. The largest absolute Gasteiger partial charge is 0.384 e. The number of hydrogen-bond donors (Lipinski definition) is 2. The normalized spacial score (nSPS) is 10.7. The van der Waals surface area contributed by atoms with Crippen LogP contribution in [0.1, 0.15) is 28.2 Å². The number of nitrogens with zero attached hydrogens (tertiary/aromatic N) is 3. The highest BCUT2D eigenvalue weighted by Gasteiger charge is 2.11. The Labute approximate surface area is 106 Å². The molecule has 2 aromatic rings. The topological polar surface area (TPSA) is 80.6 Å². The fourth-order valence-electron chi connectivity index (χ4n) is 1.86. The number of pyridine rings is 1. The Hall–Kier alpha value is -2.17. The lowest BCUT2D eigenvalue weighted by molar-refractivity contribution is 0.800. The molecule has 0 saturated carbocycles. The summed E-state index contributed by atoms with van der Waals surface area (Å²) in [5.74, 6) is 0.744. The molecular formula is C13H17N5. The number of nitrogen functional groups attached to an aromatic ring is 1. The van der Waals surface area contributed by atoms with E-state index >= 15 is 0 Å². The summed E-state index contributed by atoms with van der Waals surface area (Å²) in [7, 11) is 0. The molecule has 0 radical (unpaired) electrons. The molecule has 5 heteroatoms. The minimum absolute atomic E-state index is 0.0417. The highest BCUT2D eigenvalue weighted by atomic mass is 15.3. The van der Waals surface area contributed by atoms with E-state index in [2.05, 4.69) is 10.1 Å². The van der Waals surface area contributed by atoms with Crippen molar-refractivity contribution in [2.45, 2.75) is 27.7 Å². The van der Waals surface area contributed by atoms with Crippen molar-refractivity contribution in [2.24, 2.45) is 5.73 Å². The van der Waals surface area contributed by atoms with Crippen LogP contribution in [0.15, 0.2) is 12.1 Å². The fourth-order valence-corrected chi connectivity index (χ4v) is 1.86. The molecule has 18 heavy (non-hydrogen) atoms. The Bertz CT molecular complexity index is 625. The number of aryl methyl sites for hydroxylation is 2. The van der Waals surface area contributed by atoms with Crippen molar-refractivity contribution in [1.29, 1.82) is 5.41 Å². The molecule has 0 saturated heterocycles. The van der Waals surface area contributed by atoms with E-state index in [1.54, 1.807) is 16.8 Å². The van der Waals surface area contributed by atoms with Crippen molar-refractivity contribution < 1.29 is 0 Å². The van der Waals surface area contributed by atoms with Crippen LogP contribution in [0, 0.1) is 33.1 Å². The molecule has 3 N–H and O–H groups in total. The summed E-state index contributed by atoms with van der Waals surface area (Å²) < 4.78 is 1.80. The molecule has 0 atom stereocenters. The van der Waals surface area contributed by atoms with Gasteiger partial charge in [0.25, 0.3) is 0 Å². The Morgan fingerprint density at radius 2 is 1.89 bits per heavy atom. The SMILES string of the molecule is Cc1cc(C(=N)N)cc(-n2nc(C)c(C)c2C)n1. The fraction of sp³-hybridized carbons (Fsp3) is 0.308. The van der Waals surface area contributed by atoms with Crippen LogP contribution >= 0.6 is 0 Å². The first-order chi connectivity index (χ1) is 8.40. The average molecular weight is 243 g/mol. The highest BCUT2D eigenvalue weighted by Crippen LogP contribution is 2.16. The summed E-state index contributed by atoms with van der Waals surface area (Å²) in [4.78, 5) is 4.45. The van der Waals surface area contributed by atoms with E-state index in [0.29, 0.717) is 11.4 Å². The predicted octanol–water partition coefficient (Wildman–Crippen LogP) is 1.79. The van der Waals surface area contributed by atoms with Gasteiger partial charge in [0, 0.05) is 17.0 Å². The molecule has 94 valence electrons. The van der Waals surface area contributed by atoms with Gasteiger partial charge >= 0.3 is 0 Å². The van der Waals surface area contributed by atoms with Gasteiger partial charge in [-0.1, -0.05) is 0 Å². The molecule has 2 heterocycles. The monoisotopic (exact) mass is 243 g/mol. The van der Waals surface area contributed by atoms with E-state index < -0.39 is 0 Å². The van der Waals surface area contributed by atoms with Crippen molar-refractivity contribution in [2.75, 3.05) is 0 Å². The zero-order valence-electron chi connectivity index (χ0n) is 11.1. The first-order valence-electron chi connectivity index (χ1n) is 5.76. The first kappa shape index (κ1) is 12.3. The van der Waals surface area contributed by atoms with Crippen molar-refractivity contribution >= 4 is 5.84 Å². The van der Waals surface area contributed by atoms with Gasteiger partial charge in [-0.05, 0) is 45.4 Å². The van der Waals surface area contributed by atoms with Crippen LogP contribution < -0.4 is 5.73 Å². The first-order valence-corrected chi connectivity index (χ1v) is 5.76. The second kappa shape index (κ2) is 4.25. The third-order valence-electron chi connectivity index (χ3n) is 3.12. The van der Waals surface area contributed by atoms with E-state index in [9.17, 15) is 0 Å². The third kappa shape index (κ3) is 1.99. The number of rotatable bonds is 2. The van der Waals surface area contributed by atoms with Gasteiger partial charge in [0.05, 0.1) is 5.69 Å². The molecule has 0 aromatic carbocycles. The quantitative estimate of drug-likeness (QED) is 0.623. The summed E-state index contributed by atoms with van der Waals surface area (Å²) in [6, 6.07) is 3.58. The van der Waals surface area contributed by atoms with Crippen LogP contribution in [0.5, 0.6) is 0 Å². The molecule has 2 rings (SSSR count). The predicted molar refractivity (Wildman–Crippen MR) is 71.3 cm³/mol. The van der Waals surface area contributed by atoms with Gasteiger partial charge in [-0.2, -0.15) is 5.10 Å². The average Bonchev–Trinajstić information content (AvgIpc) is 2.56. The van der Waals surface area contributed by atoms with E-state index in [0.717, 1.165) is 22.6 Å². The van der Waals surface area contributed by atoms with Crippen molar-refractivity contribution in [3.8, 4) is 5.82 Å². The highest BCUT2D eigenvalue weighted by molar-refractivity contribution is 5.95. The number of nitrogens with two attached hydrogens (primary N) is 1. The minimum Gasteiger partial charge on any atom is -0.384 e. The van der Waals surface area contributed by atoms with Crippen molar-refractivity contribution in [3.05, 3.63) is 40.3 Å². The second-order valence-electron chi connectivity index (χ2n) is 4.48. The Kier molecular flexibility index (Phi) is 2.90. The van der Waals surface area contributed by atoms with Gasteiger partial charge in [0.15, 0.2) is 5.82 Å². The molecule has 2 aromatic heterocycles. The second-order valence-corrected chi connectivity index (χ2v) is 4.48. The van der Waals surface area contributed by atoms with Crippen LogP contribution in [0.2, 0.25) is 0 Å². The maximum atomic E-state index is 7.51. The Morgan fingerprint density at radius 3 is 2.39 bits per heavy atom. The van der Waals surface area contributed by atoms with Gasteiger partial charge in [-0.25, -0.2) is 9.67 Å². The molecule has 0 unspecified atom stereocenters. The van der Waals surface area contributed by atoms with E-state index in [1.807, 2.05) is 27.7 Å². The molecule has 0 amide bonds. The molecule has 0 fully saturated rings. The van der Waals surface area contributed by atoms with Gasteiger partial charge in [0.1, 0.15) is 5.84 Å². The van der Waals surface area contributed by atoms with E-state index in [1.165, 1.54) is 0 Å². The summed E-state index contributed by atoms with van der Waals surface area (Å²) in [5, 5.41) is 12.0. The number of hydrogen-bond acceptors (Lipinski definition) is 3. The number of amidine groups is 1. The van der Waals surface area contributed by atoms with E-state index in [4.69, 9.17) is 11.1 Å². The Morgan fingerprint density at radius 1 is 1.22 bits per heavy atom. The zero-order chi connectivity index (χ0) is 13.4. The molecule has 5 nitrogen and oxygen atoms in total. The maximum Gasteiger partial charge on any atom is 0.154 e. The summed E-state index contributed by atoms with van der Waals surface area (Å²) in [6.07, 6.45) is 0. The molecular weight excluding hydrogens is 226 g/mol. The maximum absolute atomic E-state index is 7.51. The molecule has 0 aliphatic carbocycles. The van der Waals surface area contributed by atoms with Gasteiger partial charge < -0.3 is 5.73 Å². The van der Waals surface area contributed by atoms with Crippen LogP contribution in [-0.4, -0.2) is 20.6 Å². The summed E-state index contributed by atoms with van der Waals surface area (Å²) >= 11 is 0. The summed E-state index contributed by atoms with van der Waals surface area (Å²) in [6.45, 7) is 7.90. The smallest absolute Gasteiger partial charge is 0.154 e. The molecule has 0 aliphatic heterocycles. The zero-order valence-corrected chi connectivity index (χ0v) is 11.1. The lowest BCUT2D eigenvalue weighted by atomic mass is 10.2. The van der Waals surface area contributed by atoms with Gasteiger partial charge in [-0.3, -0.25) is 5.41 Å². The standard InChI is InChI=1S/C13H17N5/c1-7-5-11(13(14)15)6-12(16-7)18-10(4)8(2)9(3)17-18/h5-6H,1-4H3,(H3,14,15). The summed E-state index contributed by atoms with van der Waals surface area (Å²) in [5.41, 5.74) is 10.2. The van der Waals surface area contributed by atoms with E-state index in [-0.39, 0.29) is 5.84 Å². The minimum atomic E-state index is 0.0417. The lowest BCUT2D eigenvalue weighted by Gasteiger charge is -2.07. The van der Waals surface area contributed by atoms with Gasteiger partial charge in [-0.15, -0.1) is 0 Å².